The van der Waals surface area contributed by atoms with Gasteiger partial charge in [0, 0.05) is 30.6 Å². The minimum absolute atomic E-state index is 0.0421. The molecule has 3 aromatic rings. The van der Waals surface area contributed by atoms with Gasteiger partial charge in [0.2, 0.25) is 5.89 Å². The lowest BCUT2D eigenvalue weighted by Gasteiger charge is -2.37. The number of aromatic nitrogens is 2. The zero-order chi connectivity index (χ0) is 21.3. The molecule has 30 heavy (non-hydrogen) atoms. The Labute approximate surface area is 176 Å². The first-order valence-corrected chi connectivity index (χ1v) is 10.2. The minimum Gasteiger partial charge on any atom is -0.496 e. The highest BCUT2D eigenvalue weighted by atomic mass is 16.5. The zero-order valence-corrected chi connectivity index (χ0v) is 17.9. The molecule has 0 radical (unpaired) electrons. The van der Waals surface area contributed by atoms with E-state index < -0.39 is 0 Å². The minimum atomic E-state index is 0.0421. The molecule has 6 heteroatoms. The van der Waals surface area contributed by atoms with E-state index in [1.807, 2.05) is 53.4 Å². The van der Waals surface area contributed by atoms with E-state index in [4.69, 9.17) is 9.26 Å². The number of carbonyl (C=O) groups is 1. The van der Waals surface area contributed by atoms with E-state index in [0.717, 1.165) is 11.3 Å². The van der Waals surface area contributed by atoms with Gasteiger partial charge in [0.25, 0.3) is 5.91 Å². The first kappa shape index (κ1) is 20.1. The van der Waals surface area contributed by atoms with Gasteiger partial charge in [-0.1, -0.05) is 56.3 Å². The van der Waals surface area contributed by atoms with Crippen LogP contribution in [0.3, 0.4) is 0 Å². The van der Waals surface area contributed by atoms with Gasteiger partial charge in [-0.2, -0.15) is 4.98 Å². The number of hydrogen-bond donors (Lipinski definition) is 0. The lowest BCUT2D eigenvalue weighted by Crippen LogP contribution is -2.48. The number of likely N-dealkylation sites (tertiary alicyclic amines) is 1. The van der Waals surface area contributed by atoms with Gasteiger partial charge in [-0.05, 0) is 29.2 Å². The third-order valence-electron chi connectivity index (χ3n) is 5.54. The SMILES string of the molecule is COc1ccccc1Cc1noc(C2CN(C(=O)c3ccc(C(C)(C)C)cc3)C2)n1. The summed E-state index contributed by atoms with van der Waals surface area (Å²) >= 11 is 0. The third-order valence-corrected chi connectivity index (χ3v) is 5.54. The number of para-hydroxylation sites is 1. The van der Waals surface area contributed by atoms with E-state index in [1.165, 1.54) is 5.56 Å². The Balaban J connectivity index is 1.36. The number of amides is 1. The highest BCUT2D eigenvalue weighted by Crippen LogP contribution is 2.29. The maximum Gasteiger partial charge on any atom is 0.253 e. The summed E-state index contributed by atoms with van der Waals surface area (Å²) < 4.78 is 10.8. The molecular formula is C24H27N3O3. The van der Waals surface area contributed by atoms with Gasteiger partial charge in [-0.3, -0.25) is 4.79 Å². The van der Waals surface area contributed by atoms with Gasteiger partial charge < -0.3 is 14.2 Å². The normalized spacial score (nSPS) is 14.5. The van der Waals surface area contributed by atoms with E-state index in [0.29, 0.717) is 36.8 Å². The van der Waals surface area contributed by atoms with Crippen molar-refractivity contribution >= 4 is 5.91 Å². The predicted octanol–water partition coefficient (Wildman–Crippen LogP) is 4.21. The van der Waals surface area contributed by atoms with Crippen LogP contribution in [0.5, 0.6) is 5.75 Å². The van der Waals surface area contributed by atoms with Crippen LogP contribution in [0.2, 0.25) is 0 Å². The quantitative estimate of drug-likeness (QED) is 0.636. The van der Waals surface area contributed by atoms with Crippen LogP contribution in [0.4, 0.5) is 0 Å². The fraction of sp³-hybridized carbons (Fsp3) is 0.375. The summed E-state index contributed by atoms with van der Waals surface area (Å²) in [5.41, 5.74) is 3.01. The molecule has 1 aliphatic heterocycles. The summed E-state index contributed by atoms with van der Waals surface area (Å²) in [6.07, 6.45) is 0.545. The second-order valence-electron chi connectivity index (χ2n) is 8.77. The van der Waals surface area contributed by atoms with Gasteiger partial charge in [-0.25, -0.2) is 0 Å². The molecular weight excluding hydrogens is 378 g/mol. The van der Waals surface area contributed by atoms with Crippen LogP contribution in [0, 0.1) is 0 Å². The highest BCUT2D eigenvalue weighted by Gasteiger charge is 2.36. The smallest absolute Gasteiger partial charge is 0.253 e. The Morgan fingerprint density at radius 3 is 2.50 bits per heavy atom. The Morgan fingerprint density at radius 2 is 1.83 bits per heavy atom. The van der Waals surface area contributed by atoms with Crippen LogP contribution < -0.4 is 4.74 Å². The van der Waals surface area contributed by atoms with Gasteiger partial charge in [0.15, 0.2) is 5.82 Å². The zero-order valence-electron chi connectivity index (χ0n) is 17.9. The number of benzene rings is 2. The molecule has 1 fully saturated rings. The van der Waals surface area contributed by atoms with Crippen molar-refractivity contribution in [3.63, 3.8) is 0 Å². The van der Waals surface area contributed by atoms with Gasteiger partial charge >= 0.3 is 0 Å². The summed E-state index contributed by atoms with van der Waals surface area (Å²) in [5, 5.41) is 4.11. The molecule has 0 bridgehead atoms. The average Bonchev–Trinajstić information content (AvgIpc) is 3.14. The molecule has 156 valence electrons. The molecule has 2 heterocycles. The first-order chi connectivity index (χ1) is 14.3. The second-order valence-corrected chi connectivity index (χ2v) is 8.77. The summed E-state index contributed by atoms with van der Waals surface area (Å²) in [4.78, 5) is 19.1. The summed E-state index contributed by atoms with van der Waals surface area (Å²) in [6, 6.07) is 15.7. The number of nitrogens with zero attached hydrogens (tertiary/aromatic N) is 3. The topological polar surface area (TPSA) is 68.5 Å². The second kappa shape index (κ2) is 7.94. The number of carbonyl (C=O) groups excluding carboxylic acids is 1. The van der Waals surface area contributed by atoms with Gasteiger partial charge in [0.05, 0.1) is 13.0 Å². The molecule has 1 amide bonds. The van der Waals surface area contributed by atoms with Crippen molar-refractivity contribution < 1.29 is 14.1 Å². The van der Waals surface area contributed by atoms with E-state index in [-0.39, 0.29) is 17.2 Å². The highest BCUT2D eigenvalue weighted by molar-refractivity contribution is 5.94. The number of hydrogen-bond acceptors (Lipinski definition) is 5. The molecule has 1 aromatic heterocycles. The number of methoxy groups -OCH3 is 1. The van der Waals surface area contributed by atoms with Crippen LogP contribution >= 0.6 is 0 Å². The Bertz CT molecular complexity index is 1030. The molecule has 0 aliphatic carbocycles. The largest absolute Gasteiger partial charge is 0.496 e. The number of ether oxygens (including phenoxy) is 1. The first-order valence-electron chi connectivity index (χ1n) is 10.2. The van der Waals surface area contributed by atoms with Crippen molar-refractivity contribution in [1.82, 2.24) is 15.0 Å². The van der Waals surface area contributed by atoms with E-state index in [9.17, 15) is 4.79 Å². The Kier molecular flexibility index (Phi) is 5.33. The third kappa shape index (κ3) is 4.08. The molecule has 6 nitrogen and oxygen atoms in total. The summed E-state index contributed by atoms with van der Waals surface area (Å²) in [6.45, 7) is 7.68. The summed E-state index contributed by atoms with van der Waals surface area (Å²) in [5.74, 6) is 2.15. The van der Waals surface area contributed by atoms with E-state index in [2.05, 4.69) is 30.9 Å². The lowest BCUT2D eigenvalue weighted by molar-refractivity contribution is 0.0569. The fourth-order valence-corrected chi connectivity index (χ4v) is 3.62. The molecule has 0 spiro atoms. The number of rotatable bonds is 5. The molecule has 1 aliphatic rings. The molecule has 4 rings (SSSR count). The summed E-state index contributed by atoms with van der Waals surface area (Å²) in [7, 11) is 1.65. The average molecular weight is 405 g/mol. The van der Waals surface area contributed by atoms with Crippen molar-refractivity contribution in [1.29, 1.82) is 0 Å². The predicted molar refractivity (Wildman–Crippen MR) is 114 cm³/mol. The molecule has 2 aromatic carbocycles. The van der Waals surface area contributed by atoms with Crippen molar-refractivity contribution in [2.75, 3.05) is 20.2 Å². The fourth-order valence-electron chi connectivity index (χ4n) is 3.62. The maximum atomic E-state index is 12.7. The Hall–Kier alpha value is -3.15. The lowest BCUT2D eigenvalue weighted by atomic mass is 9.86. The monoisotopic (exact) mass is 405 g/mol. The van der Waals surface area contributed by atoms with Crippen LogP contribution in [0.1, 0.15) is 59.9 Å². The van der Waals surface area contributed by atoms with Gasteiger partial charge in [-0.15, -0.1) is 0 Å². The molecule has 0 atom stereocenters. The van der Waals surface area contributed by atoms with Crippen molar-refractivity contribution in [3.8, 4) is 5.75 Å². The maximum absolute atomic E-state index is 12.7. The van der Waals surface area contributed by atoms with Crippen LogP contribution in [-0.2, 0) is 11.8 Å². The van der Waals surface area contributed by atoms with Crippen molar-refractivity contribution in [3.05, 3.63) is 76.9 Å². The van der Waals surface area contributed by atoms with Crippen molar-refractivity contribution in [2.24, 2.45) is 0 Å². The van der Waals surface area contributed by atoms with Crippen LogP contribution in [-0.4, -0.2) is 41.1 Å². The van der Waals surface area contributed by atoms with Crippen molar-refractivity contribution in [2.45, 2.75) is 38.5 Å². The molecule has 0 unspecified atom stereocenters. The van der Waals surface area contributed by atoms with E-state index >= 15 is 0 Å². The van der Waals surface area contributed by atoms with Crippen LogP contribution in [0.15, 0.2) is 53.1 Å². The standard InChI is InChI=1S/C24H27N3O3/c1-24(2,3)19-11-9-16(10-12-19)23(28)27-14-18(15-27)22-25-21(26-30-22)13-17-7-5-6-8-20(17)29-4/h5-12,18H,13-15H2,1-4H3. The molecule has 1 saturated heterocycles. The molecule has 0 N–H and O–H groups in total. The van der Waals surface area contributed by atoms with E-state index in [1.54, 1.807) is 7.11 Å². The Morgan fingerprint density at radius 1 is 1.13 bits per heavy atom. The molecule has 0 saturated carbocycles. The van der Waals surface area contributed by atoms with Crippen LogP contribution in [0.25, 0.3) is 0 Å². The van der Waals surface area contributed by atoms with Gasteiger partial charge in [0.1, 0.15) is 5.75 Å².